The third-order valence-corrected chi connectivity index (χ3v) is 4.91. The molecule has 134 valence electrons. The number of rotatable bonds is 4. The molecule has 1 aliphatic carbocycles. The highest BCUT2D eigenvalue weighted by molar-refractivity contribution is 5.90. The van der Waals surface area contributed by atoms with E-state index < -0.39 is 0 Å². The number of nitrogens with zero attached hydrogens (tertiary/aromatic N) is 4. The van der Waals surface area contributed by atoms with Gasteiger partial charge in [0.05, 0.1) is 23.8 Å². The van der Waals surface area contributed by atoms with Crippen molar-refractivity contribution in [2.45, 2.75) is 44.7 Å². The molecule has 1 N–H and O–H groups in total. The first kappa shape index (κ1) is 16.5. The van der Waals surface area contributed by atoms with Gasteiger partial charge in [-0.15, -0.1) is 0 Å². The summed E-state index contributed by atoms with van der Waals surface area (Å²) >= 11 is 0. The van der Waals surface area contributed by atoms with Crippen LogP contribution in [0.2, 0.25) is 0 Å². The number of carbonyl (C=O) groups excluding carboxylic acids is 1. The molecule has 0 radical (unpaired) electrons. The maximum Gasteiger partial charge on any atom is 0.275 e. The lowest BCUT2D eigenvalue weighted by molar-refractivity contribution is -0.117. The van der Waals surface area contributed by atoms with Gasteiger partial charge in [0, 0.05) is 11.5 Å². The zero-order valence-corrected chi connectivity index (χ0v) is 14.5. The monoisotopic (exact) mass is 351 g/mol. The molecule has 1 aliphatic rings. The van der Waals surface area contributed by atoms with Gasteiger partial charge in [0.1, 0.15) is 12.4 Å². The summed E-state index contributed by atoms with van der Waals surface area (Å²) in [6.07, 6.45) is 9.10. The van der Waals surface area contributed by atoms with Crippen molar-refractivity contribution in [1.82, 2.24) is 19.6 Å². The SMILES string of the molecule is O=C(Cn1ncc2ccccc2c1=O)Nc1ccnn1C1CCCCC1. The molecule has 1 fully saturated rings. The Bertz CT molecular complexity index is 985. The van der Waals surface area contributed by atoms with E-state index in [1.165, 1.54) is 23.9 Å². The molecule has 26 heavy (non-hydrogen) atoms. The average Bonchev–Trinajstić information content (AvgIpc) is 3.13. The van der Waals surface area contributed by atoms with E-state index in [1.54, 1.807) is 30.6 Å². The summed E-state index contributed by atoms with van der Waals surface area (Å²) in [7, 11) is 0. The van der Waals surface area contributed by atoms with E-state index in [-0.39, 0.29) is 18.0 Å². The van der Waals surface area contributed by atoms with Gasteiger partial charge >= 0.3 is 0 Å². The Morgan fingerprint density at radius 3 is 2.77 bits per heavy atom. The molecule has 7 nitrogen and oxygen atoms in total. The van der Waals surface area contributed by atoms with Crippen molar-refractivity contribution in [2.24, 2.45) is 0 Å². The second-order valence-corrected chi connectivity index (χ2v) is 6.70. The minimum absolute atomic E-state index is 0.125. The molecule has 3 aromatic rings. The highest BCUT2D eigenvalue weighted by Crippen LogP contribution is 2.29. The first-order valence-corrected chi connectivity index (χ1v) is 9.00. The van der Waals surface area contributed by atoms with Crippen LogP contribution in [-0.4, -0.2) is 25.5 Å². The van der Waals surface area contributed by atoms with Crippen molar-refractivity contribution < 1.29 is 4.79 Å². The van der Waals surface area contributed by atoms with Crippen LogP contribution in [0.5, 0.6) is 0 Å². The Morgan fingerprint density at radius 2 is 1.92 bits per heavy atom. The number of nitrogens with one attached hydrogen (secondary N) is 1. The quantitative estimate of drug-likeness (QED) is 0.783. The van der Waals surface area contributed by atoms with Crippen molar-refractivity contribution in [2.75, 3.05) is 5.32 Å². The Hall–Kier alpha value is -2.96. The van der Waals surface area contributed by atoms with Crippen LogP contribution in [-0.2, 0) is 11.3 Å². The normalized spacial score (nSPS) is 15.2. The number of benzene rings is 1. The topological polar surface area (TPSA) is 81.8 Å². The molecular weight excluding hydrogens is 330 g/mol. The molecule has 0 aliphatic heterocycles. The number of amides is 1. The van der Waals surface area contributed by atoms with E-state index in [9.17, 15) is 9.59 Å². The van der Waals surface area contributed by atoms with Crippen LogP contribution in [0.3, 0.4) is 0 Å². The summed E-state index contributed by atoms with van der Waals surface area (Å²) in [6, 6.07) is 9.35. The van der Waals surface area contributed by atoms with Gasteiger partial charge in [-0.05, 0) is 18.9 Å². The second-order valence-electron chi connectivity index (χ2n) is 6.70. The zero-order valence-electron chi connectivity index (χ0n) is 14.5. The summed E-state index contributed by atoms with van der Waals surface area (Å²) in [5.41, 5.74) is -0.265. The van der Waals surface area contributed by atoms with Crippen LogP contribution in [0.4, 0.5) is 5.82 Å². The van der Waals surface area contributed by atoms with Gasteiger partial charge in [-0.3, -0.25) is 9.59 Å². The largest absolute Gasteiger partial charge is 0.309 e. The predicted octanol–water partition coefficient (Wildman–Crippen LogP) is 2.74. The van der Waals surface area contributed by atoms with Crippen molar-refractivity contribution in [3.8, 4) is 0 Å². The molecule has 2 aromatic heterocycles. The second kappa shape index (κ2) is 7.11. The first-order chi connectivity index (χ1) is 12.7. The van der Waals surface area contributed by atoms with E-state index in [0.717, 1.165) is 18.2 Å². The molecule has 0 spiro atoms. The van der Waals surface area contributed by atoms with Crippen molar-refractivity contribution >= 4 is 22.5 Å². The van der Waals surface area contributed by atoms with Crippen LogP contribution in [0.15, 0.2) is 47.5 Å². The van der Waals surface area contributed by atoms with Crippen molar-refractivity contribution in [3.05, 3.63) is 53.1 Å². The highest BCUT2D eigenvalue weighted by Gasteiger charge is 2.19. The lowest BCUT2D eigenvalue weighted by Crippen LogP contribution is -2.30. The molecule has 7 heteroatoms. The van der Waals surface area contributed by atoms with Crippen LogP contribution < -0.4 is 10.9 Å². The number of anilines is 1. The first-order valence-electron chi connectivity index (χ1n) is 9.00. The van der Waals surface area contributed by atoms with Gasteiger partial charge in [-0.1, -0.05) is 37.5 Å². The molecule has 1 aromatic carbocycles. The molecule has 4 rings (SSSR count). The fourth-order valence-corrected chi connectivity index (χ4v) is 3.59. The summed E-state index contributed by atoms with van der Waals surface area (Å²) in [6.45, 7) is -0.125. The Kier molecular flexibility index (Phi) is 4.51. The fourth-order valence-electron chi connectivity index (χ4n) is 3.59. The molecule has 1 saturated carbocycles. The minimum atomic E-state index is -0.285. The zero-order chi connectivity index (χ0) is 17.9. The van der Waals surface area contributed by atoms with E-state index in [2.05, 4.69) is 15.5 Å². The third-order valence-electron chi connectivity index (χ3n) is 4.91. The van der Waals surface area contributed by atoms with Gasteiger partial charge in [0.2, 0.25) is 5.91 Å². The minimum Gasteiger partial charge on any atom is -0.309 e. The number of carbonyl (C=O) groups is 1. The molecule has 0 bridgehead atoms. The number of hydrogen-bond donors (Lipinski definition) is 1. The molecule has 2 heterocycles. The lowest BCUT2D eigenvalue weighted by atomic mass is 9.96. The summed E-state index contributed by atoms with van der Waals surface area (Å²) in [5, 5.41) is 12.7. The van der Waals surface area contributed by atoms with Crippen molar-refractivity contribution in [1.29, 1.82) is 0 Å². The summed E-state index contributed by atoms with van der Waals surface area (Å²) in [5.74, 6) is 0.392. The molecule has 0 atom stereocenters. The van der Waals surface area contributed by atoms with E-state index in [4.69, 9.17) is 0 Å². The van der Waals surface area contributed by atoms with Gasteiger partial charge in [-0.2, -0.15) is 10.2 Å². The fraction of sp³-hybridized carbons (Fsp3) is 0.368. The van der Waals surface area contributed by atoms with E-state index in [1.807, 2.05) is 16.8 Å². The average molecular weight is 351 g/mol. The number of aromatic nitrogens is 4. The van der Waals surface area contributed by atoms with Gasteiger partial charge < -0.3 is 5.32 Å². The van der Waals surface area contributed by atoms with Gasteiger partial charge in [-0.25, -0.2) is 9.36 Å². The van der Waals surface area contributed by atoms with Gasteiger partial charge in [0.25, 0.3) is 5.56 Å². The maximum atomic E-state index is 12.5. The Morgan fingerprint density at radius 1 is 1.12 bits per heavy atom. The number of hydrogen-bond acceptors (Lipinski definition) is 4. The molecule has 0 unspecified atom stereocenters. The third kappa shape index (κ3) is 3.24. The Labute approximate surface area is 150 Å². The standard InChI is InChI=1S/C19H21N5O2/c25-18(13-23-19(26)16-9-5-4-6-14(16)12-21-23)22-17-10-11-20-24(17)15-7-2-1-3-8-15/h4-6,9-12,15H,1-3,7-8,13H2,(H,22,25). The maximum absolute atomic E-state index is 12.5. The summed E-state index contributed by atoms with van der Waals surface area (Å²) < 4.78 is 3.09. The van der Waals surface area contributed by atoms with Crippen LogP contribution >= 0.6 is 0 Å². The highest BCUT2D eigenvalue weighted by atomic mass is 16.2. The van der Waals surface area contributed by atoms with Crippen LogP contribution in [0.25, 0.3) is 10.8 Å². The van der Waals surface area contributed by atoms with Crippen LogP contribution in [0.1, 0.15) is 38.1 Å². The predicted molar refractivity (Wildman–Crippen MR) is 99.0 cm³/mol. The molecule has 0 saturated heterocycles. The molecular formula is C19H21N5O2. The number of fused-ring (bicyclic) bond motifs is 1. The molecule has 1 amide bonds. The van der Waals surface area contributed by atoms with Gasteiger partial charge in [0.15, 0.2) is 0 Å². The van der Waals surface area contributed by atoms with Crippen molar-refractivity contribution in [3.63, 3.8) is 0 Å². The Balaban J connectivity index is 1.51. The van der Waals surface area contributed by atoms with Crippen LogP contribution in [0, 0.1) is 0 Å². The van der Waals surface area contributed by atoms with E-state index >= 15 is 0 Å². The van der Waals surface area contributed by atoms with E-state index in [0.29, 0.717) is 17.2 Å². The summed E-state index contributed by atoms with van der Waals surface area (Å²) in [4.78, 5) is 24.9. The smallest absolute Gasteiger partial charge is 0.275 e. The lowest BCUT2D eigenvalue weighted by Gasteiger charge is -2.23.